The van der Waals surface area contributed by atoms with Crippen molar-refractivity contribution in [2.75, 3.05) is 27.3 Å². The van der Waals surface area contributed by atoms with E-state index >= 15 is 0 Å². The number of allylic oxidation sites excluding steroid dienone is 1. The van der Waals surface area contributed by atoms with Crippen LogP contribution in [0, 0.1) is 0 Å². The Morgan fingerprint density at radius 2 is 1.72 bits per heavy atom. The Hall–Kier alpha value is -2.76. The summed E-state index contributed by atoms with van der Waals surface area (Å²) < 4.78 is 10.5. The quantitative estimate of drug-likeness (QED) is 0.771. The van der Waals surface area contributed by atoms with Gasteiger partial charge in [0.05, 0.1) is 14.2 Å². The van der Waals surface area contributed by atoms with Gasteiger partial charge in [-0.05, 0) is 44.5 Å². The number of carbonyl (C=O) groups excluding carboxylic acids is 2. The number of ether oxygens (including phenoxy) is 2. The van der Waals surface area contributed by atoms with Gasteiger partial charge in [0.15, 0.2) is 0 Å². The summed E-state index contributed by atoms with van der Waals surface area (Å²) in [6.07, 6.45) is 5.43. The summed E-state index contributed by atoms with van der Waals surface area (Å²) in [7, 11) is 3.15. The molecule has 0 radical (unpaired) electrons. The lowest BCUT2D eigenvalue weighted by Crippen LogP contribution is -2.43. The number of nitrogens with zero attached hydrogens (tertiary/aromatic N) is 2. The molecule has 0 unspecified atom stereocenters. The number of hydrogen-bond donors (Lipinski definition) is 0. The summed E-state index contributed by atoms with van der Waals surface area (Å²) in [5, 5.41) is 2.97. The Bertz CT molecular complexity index is 705. The molecule has 1 heterocycles. The molecule has 0 aromatic heterocycles. The Labute approximate surface area is 148 Å². The van der Waals surface area contributed by atoms with E-state index in [1.165, 1.54) is 16.1 Å². The van der Waals surface area contributed by atoms with E-state index < -0.39 is 0 Å². The van der Waals surface area contributed by atoms with Crippen LogP contribution in [-0.4, -0.2) is 49.1 Å². The van der Waals surface area contributed by atoms with E-state index in [0.29, 0.717) is 24.6 Å². The molecule has 2 amide bonds. The molecule has 1 aliphatic heterocycles. The lowest BCUT2D eigenvalue weighted by molar-refractivity contribution is -0.151. The minimum atomic E-state index is -0.238. The molecular formula is C19H24N2O4. The highest BCUT2D eigenvalue weighted by Gasteiger charge is 2.28. The number of hydrazine groups is 1. The highest BCUT2D eigenvalue weighted by Crippen LogP contribution is 2.25. The largest absolute Gasteiger partial charge is 0.497 e. The zero-order chi connectivity index (χ0) is 18.4. The first-order valence-electron chi connectivity index (χ1n) is 8.14. The third kappa shape index (κ3) is 4.62. The molecule has 6 heteroatoms. The third-order valence-electron chi connectivity index (χ3n) is 3.79. The van der Waals surface area contributed by atoms with Gasteiger partial charge in [-0.2, -0.15) is 0 Å². The van der Waals surface area contributed by atoms with Gasteiger partial charge in [0.25, 0.3) is 11.8 Å². The van der Waals surface area contributed by atoms with Crippen LogP contribution in [0.3, 0.4) is 0 Å². The summed E-state index contributed by atoms with van der Waals surface area (Å²) in [5.74, 6) is 0.911. The molecule has 6 nitrogen and oxygen atoms in total. The Kier molecular flexibility index (Phi) is 6.22. The van der Waals surface area contributed by atoms with Crippen LogP contribution in [0.15, 0.2) is 35.9 Å². The normalized spacial score (nSPS) is 13.9. The van der Waals surface area contributed by atoms with E-state index in [4.69, 9.17) is 9.47 Å². The van der Waals surface area contributed by atoms with Crippen LogP contribution >= 0.6 is 0 Å². The van der Waals surface area contributed by atoms with Crippen molar-refractivity contribution in [3.63, 3.8) is 0 Å². The molecule has 1 aliphatic rings. The van der Waals surface area contributed by atoms with Gasteiger partial charge in [-0.25, -0.2) is 10.0 Å². The SMILES string of the molecule is COc1ccc(OC)c(/C=C/C(=O)N2CCCN2C(=O)C=C(C)C)c1. The molecule has 0 spiro atoms. The molecule has 0 saturated carbocycles. The fourth-order valence-corrected chi connectivity index (χ4v) is 2.61. The monoisotopic (exact) mass is 344 g/mol. The maximum atomic E-state index is 12.5. The predicted molar refractivity (Wildman–Crippen MR) is 96.1 cm³/mol. The summed E-state index contributed by atoms with van der Waals surface area (Å²) in [4.78, 5) is 24.7. The van der Waals surface area contributed by atoms with Crippen molar-refractivity contribution in [2.24, 2.45) is 0 Å². The first-order valence-corrected chi connectivity index (χ1v) is 8.14. The molecule has 0 atom stereocenters. The number of carbonyl (C=O) groups is 2. The molecule has 0 bridgehead atoms. The van der Waals surface area contributed by atoms with Crippen molar-refractivity contribution in [1.29, 1.82) is 0 Å². The maximum Gasteiger partial charge on any atom is 0.265 e. The second-order valence-corrected chi connectivity index (χ2v) is 5.94. The highest BCUT2D eigenvalue weighted by molar-refractivity contribution is 5.95. The zero-order valence-corrected chi connectivity index (χ0v) is 15.1. The van der Waals surface area contributed by atoms with Crippen LogP contribution in [0.5, 0.6) is 11.5 Å². The van der Waals surface area contributed by atoms with Gasteiger partial charge in [-0.1, -0.05) is 5.57 Å². The number of benzene rings is 1. The van der Waals surface area contributed by atoms with E-state index in [-0.39, 0.29) is 11.8 Å². The molecule has 25 heavy (non-hydrogen) atoms. The summed E-state index contributed by atoms with van der Waals surface area (Å²) in [6, 6.07) is 5.36. The molecule has 1 aromatic carbocycles. The summed E-state index contributed by atoms with van der Waals surface area (Å²) in [6.45, 7) is 4.79. The second-order valence-electron chi connectivity index (χ2n) is 5.94. The van der Waals surface area contributed by atoms with E-state index in [1.54, 1.807) is 44.6 Å². The van der Waals surface area contributed by atoms with Crippen molar-refractivity contribution in [3.05, 3.63) is 41.5 Å². The van der Waals surface area contributed by atoms with Crippen LogP contribution in [0.1, 0.15) is 25.8 Å². The summed E-state index contributed by atoms with van der Waals surface area (Å²) >= 11 is 0. The number of hydrogen-bond acceptors (Lipinski definition) is 4. The highest BCUT2D eigenvalue weighted by atomic mass is 16.5. The molecule has 0 N–H and O–H groups in total. The minimum Gasteiger partial charge on any atom is -0.497 e. The van der Waals surface area contributed by atoms with Crippen LogP contribution in [0.2, 0.25) is 0 Å². The molecule has 1 aromatic rings. The van der Waals surface area contributed by atoms with Gasteiger partial charge in [0.1, 0.15) is 11.5 Å². The van der Waals surface area contributed by atoms with Gasteiger partial charge < -0.3 is 9.47 Å². The smallest absolute Gasteiger partial charge is 0.265 e. The van der Waals surface area contributed by atoms with Gasteiger partial charge in [0.2, 0.25) is 0 Å². The Balaban J connectivity index is 2.17. The van der Waals surface area contributed by atoms with Crippen molar-refractivity contribution >= 4 is 17.9 Å². The molecule has 1 fully saturated rings. The molecular weight excluding hydrogens is 320 g/mol. The second kappa shape index (κ2) is 8.37. The van der Waals surface area contributed by atoms with Crippen LogP contribution in [0.25, 0.3) is 6.08 Å². The standard InChI is InChI=1S/C19H24N2O4/c1-14(2)12-19(23)21-11-5-10-20(21)18(22)9-6-15-13-16(24-3)7-8-17(15)25-4/h6-9,12-13H,5,10-11H2,1-4H3/b9-6+. The first-order chi connectivity index (χ1) is 12.0. The fourth-order valence-electron chi connectivity index (χ4n) is 2.61. The zero-order valence-electron chi connectivity index (χ0n) is 15.1. The van der Waals surface area contributed by atoms with Crippen molar-refractivity contribution in [2.45, 2.75) is 20.3 Å². The van der Waals surface area contributed by atoms with E-state index in [0.717, 1.165) is 17.6 Å². The topological polar surface area (TPSA) is 59.1 Å². The summed E-state index contributed by atoms with van der Waals surface area (Å²) in [5.41, 5.74) is 1.64. The van der Waals surface area contributed by atoms with E-state index in [2.05, 4.69) is 0 Å². The van der Waals surface area contributed by atoms with Gasteiger partial charge >= 0.3 is 0 Å². The lowest BCUT2D eigenvalue weighted by Gasteiger charge is -2.26. The molecule has 1 saturated heterocycles. The third-order valence-corrected chi connectivity index (χ3v) is 3.79. The van der Waals surface area contributed by atoms with Crippen LogP contribution in [0.4, 0.5) is 0 Å². The average molecular weight is 344 g/mol. The predicted octanol–water partition coefficient (Wildman–Crippen LogP) is 2.66. The Morgan fingerprint density at radius 3 is 2.32 bits per heavy atom. The minimum absolute atomic E-state index is 0.168. The van der Waals surface area contributed by atoms with Crippen molar-refractivity contribution < 1.29 is 19.1 Å². The molecule has 2 rings (SSSR count). The number of amides is 2. The van der Waals surface area contributed by atoms with E-state index in [1.807, 2.05) is 13.8 Å². The lowest BCUT2D eigenvalue weighted by atomic mass is 10.1. The Morgan fingerprint density at radius 1 is 1.04 bits per heavy atom. The van der Waals surface area contributed by atoms with Crippen molar-refractivity contribution in [1.82, 2.24) is 10.0 Å². The maximum absolute atomic E-state index is 12.5. The van der Waals surface area contributed by atoms with Crippen LogP contribution in [-0.2, 0) is 9.59 Å². The van der Waals surface area contributed by atoms with Crippen molar-refractivity contribution in [3.8, 4) is 11.5 Å². The molecule has 0 aliphatic carbocycles. The van der Waals surface area contributed by atoms with Crippen LogP contribution < -0.4 is 9.47 Å². The van der Waals surface area contributed by atoms with Gasteiger partial charge in [-0.3, -0.25) is 9.59 Å². The number of rotatable bonds is 5. The average Bonchev–Trinajstić information content (AvgIpc) is 3.08. The van der Waals surface area contributed by atoms with Gasteiger partial charge in [-0.15, -0.1) is 0 Å². The fraction of sp³-hybridized carbons (Fsp3) is 0.368. The van der Waals surface area contributed by atoms with Gasteiger partial charge in [0, 0.05) is 30.8 Å². The van der Waals surface area contributed by atoms with E-state index in [9.17, 15) is 9.59 Å². The molecule has 134 valence electrons. The number of methoxy groups -OCH3 is 2. The first kappa shape index (κ1) is 18.6.